The molecule has 0 spiro atoms. The molecule has 0 unspecified atom stereocenters. The fraction of sp³-hybridized carbons (Fsp3) is 0.400. The molecule has 0 fully saturated rings. The number of benzene rings is 1. The molecule has 0 aliphatic rings. The summed E-state index contributed by atoms with van der Waals surface area (Å²) < 4.78 is 36.5. The lowest BCUT2D eigenvalue weighted by Crippen LogP contribution is -2.38. The summed E-state index contributed by atoms with van der Waals surface area (Å²) in [5.74, 6) is -0.323. The van der Waals surface area contributed by atoms with Gasteiger partial charge in [0.25, 0.3) is 0 Å². The molecule has 1 aromatic carbocycles. The van der Waals surface area contributed by atoms with Crippen molar-refractivity contribution in [1.82, 2.24) is 0 Å². The van der Waals surface area contributed by atoms with E-state index < -0.39 is 24.7 Å². The smallest absolute Gasteiger partial charge is 0.403 e. The number of halogens is 5. The highest BCUT2D eigenvalue weighted by Crippen LogP contribution is 2.32. The molecule has 0 aliphatic heterocycles. The molecule has 1 rings (SSSR count). The summed E-state index contributed by atoms with van der Waals surface area (Å²) in [4.78, 5) is 0. The van der Waals surface area contributed by atoms with Crippen LogP contribution in [-0.4, -0.2) is 22.4 Å². The first-order valence-electron chi connectivity index (χ1n) is 4.70. The number of phenolic OH excluding ortho intramolecular Hbond substituents is 1. The van der Waals surface area contributed by atoms with Crippen molar-refractivity contribution in [3.05, 3.63) is 28.8 Å². The van der Waals surface area contributed by atoms with Crippen molar-refractivity contribution in [2.24, 2.45) is 5.73 Å². The van der Waals surface area contributed by atoms with E-state index in [0.717, 1.165) is 0 Å². The Morgan fingerprint density at radius 3 is 2.39 bits per heavy atom. The summed E-state index contributed by atoms with van der Waals surface area (Å²) in [6.07, 6.45) is -6.85. The zero-order valence-electron chi connectivity index (χ0n) is 8.99. The van der Waals surface area contributed by atoms with Gasteiger partial charge in [-0.25, -0.2) is 0 Å². The molecule has 18 heavy (non-hydrogen) atoms. The van der Waals surface area contributed by atoms with Gasteiger partial charge in [0, 0.05) is 17.0 Å². The van der Waals surface area contributed by atoms with Crippen LogP contribution in [0.3, 0.4) is 0 Å². The zero-order chi connectivity index (χ0) is 13.2. The molecule has 0 heterocycles. The predicted molar refractivity (Wildman–Crippen MR) is 64.0 cm³/mol. The van der Waals surface area contributed by atoms with Crippen LogP contribution in [0.15, 0.2) is 18.2 Å². The minimum atomic E-state index is -4.59. The third kappa shape index (κ3) is 4.53. The first-order valence-corrected chi connectivity index (χ1v) is 5.08. The van der Waals surface area contributed by atoms with E-state index in [1.165, 1.54) is 18.2 Å². The van der Waals surface area contributed by atoms with E-state index in [-0.39, 0.29) is 28.7 Å². The number of aliphatic hydroxyl groups is 1. The Hall–Kier alpha value is -0.690. The molecular weight excluding hydrogens is 294 g/mol. The lowest BCUT2D eigenvalue weighted by atomic mass is 10.0. The highest BCUT2D eigenvalue weighted by Gasteiger charge is 2.38. The van der Waals surface area contributed by atoms with Gasteiger partial charge in [-0.3, -0.25) is 0 Å². The first-order chi connectivity index (χ1) is 7.71. The first kappa shape index (κ1) is 17.3. The molecule has 3 nitrogen and oxygen atoms in total. The van der Waals surface area contributed by atoms with Gasteiger partial charge in [0.1, 0.15) is 11.8 Å². The number of aliphatic hydroxyl groups excluding tert-OH is 1. The Morgan fingerprint density at radius 2 is 1.89 bits per heavy atom. The maximum atomic E-state index is 12.2. The van der Waals surface area contributed by atoms with Crippen LogP contribution in [0, 0.1) is 0 Å². The second-order valence-corrected chi connectivity index (χ2v) is 4.04. The minimum absolute atomic E-state index is 0. The van der Waals surface area contributed by atoms with Crippen LogP contribution in [-0.2, 0) is 0 Å². The van der Waals surface area contributed by atoms with E-state index in [9.17, 15) is 23.4 Å². The van der Waals surface area contributed by atoms with Gasteiger partial charge in [-0.1, -0.05) is 11.6 Å². The average Bonchev–Trinajstić information content (AvgIpc) is 2.20. The van der Waals surface area contributed by atoms with Crippen molar-refractivity contribution in [1.29, 1.82) is 0 Å². The van der Waals surface area contributed by atoms with E-state index in [1.807, 2.05) is 0 Å². The van der Waals surface area contributed by atoms with Crippen molar-refractivity contribution < 1.29 is 23.4 Å². The van der Waals surface area contributed by atoms with Gasteiger partial charge in [0.15, 0.2) is 0 Å². The van der Waals surface area contributed by atoms with Crippen LogP contribution in [0.5, 0.6) is 5.75 Å². The quantitative estimate of drug-likeness (QED) is 0.804. The van der Waals surface area contributed by atoms with E-state index >= 15 is 0 Å². The van der Waals surface area contributed by atoms with Gasteiger partial charge in [0.05, 0.1) is 6.10 Å². The summed E-state index contributed by atoms with van der Waals surface area (Å²) >= 11 is 5.61. The standard InChI is InChI=1S/C10H11ClF3NO2.ClH/c11-5-1-2-7(16)6(3-5)8(17)4-9(15)10(12,13)14;/h1-3,8-9,16-17H,4,15H2;1H/t8-,9+;/m0./s1. The molecule has 2 atom stereocenters. The fourth-order valence-corrected chi connectivity index (χ4v) is 1.47. The summed E-state index contributed by atoms with van der Waals surface area (Å²) in [6.45, 7) is 0. The number of hydrogen-bond donors (Lipinski definition) is 3. The molecule has 0 bridgehead atoms. The summed E-state index contributed by atoms with van der Waals surface area (Å²) in [7, 11) is 0. The number of aromatic hydroxyl groups is 1. The van der Waals surface area contributed by atoms with E-state index in [1.54, 1.807) is 0 Å². The summed E-state index contributed by atoms with van der Waals surface area (Å²) in [5, 5.41) is 19.1. The lowest BCUT2D eigenvalue weighted by molar-refractivity contribution is -0.153. The van der Waals surface area contributed by atoms with Crippen LogP contribution in [0.25, 0.3) is 0 Å². The SMILES string of the molecule is Cl.N[C@H](C[C@H](O)c1cc(Cl)ccc1O)C(F)(F)F. The molecule has 0 aromatic heterocycles. The minimum Gasteiger partial charge on any atom is -0.508 e. The third-order valence-electron chi connectivity index (χ3n) is 2.25. The van der Waals surface area contributed by atoms with Crippen molar-refractivity contribution >= 4 is 24.0 Å². The molecule has 0 radical (unpaired) electrons. The maximum Gasteiger partial charge on any atom is 0.403 e. The van der Waals surface area contributed by atoms with Gasteiger partial charge in [-0.05, 0) is 18.2 Å². The molecular formula is C10H12Cl2F3NO2. The maximum absolute atomic E-state index is 12.2. The second-order valence-electron chi connectivity index (χ2n) is 3.60. The molecule has 104 valence electrons. The van der Waals surface area contributed by atoms with Gasteiger partial charge in [-0.15, -0.1) is 12.4 Å². The number of nitrogens with two attached hydrogens (primary N) is 1. The molecule has 0 saturated heterocycles. The monoisotopic (exact) mass is 305 g/mol. The summed E-state index contributed by atoms with van der Waals surface area (Å²) in [6, 6.07) is 1.59. The molecule has 8 heteroatoms. The van der Waals surface area contributed by atoms with E-state index in [4.69, 9.17) is 17.3 Å². The fourth-order valence-electron chi connectivity index (χ4n) is 1.29. The predicted octanol–water partition coefficient (Wildman–Crippen LogP) is 2.78. The van der Waals surface area contributed by atoms with Crippen molar-refractivity contribution in [2.45, 2.75) is 24.7 Å². The van der Waals surface area contributed by atoms with E-state index in [0.29, 0.717) is 0 Å². The number of alkyl halides is 3. The van der Waals surface area contributed by atoms with Crippen LogP contribution < -0.4 is 5.73 Å². The van der Waals surface area contributed by atoms with Crippen LogP contribution >= 0.6 is 24.0 Å². The molecule has 0 saturated carbocycles. The summed E-state index contributed by atoms with van der Waals surface area (Å²) in [5.41, 5.74) is 4.81. The van der Waals surface area contributed by atoms with Gasteiger partial charge < -0.3 is 15.9 Å². The van der Waals surface area contributed by atoms with Crippen LogP contribution in [0.2, 0.25) is 5.02 Å². The van der Waals surface area contributed by atoms with E-state index in [2.05, 4.69) is 0 Å². The Kier molecular flexibility index (Phi) is 6.22. The highest BCUT2D eigenvalue weighted by atomic mass is 35.5. The molecule has 0 amide bonds. The Morgan fingerprint density at radius 1 is 1.33 bits per heavy atom. The third-order valence-corrected chi connectivity index (χ3v) is 2.48. The molecule has 4 N–H and O–H groups in total. The topological polar surface area (TPSA) is 66.5 Å². The van der Waals surface area contributed by atoms with Crippen molar-refractivity contribution in [3.8, 4) is 5.75 Å². The molecule has 1 aromatic rings. The van der Waals surface area contributed by atoms with Crippen LogP contribution in [0.4, 0.5) is 13.2 Å². The van der Waals surface area contributed by atoms with Gasteiger partial charge in [0.2, 0.25) is 0 Å². The van der Waals surface area contributed by atoms with Crippen molar-refractivity contribution in [3.63, 3.8) is 0 Å². The Bertz CT molecular complexity index is 401. The molecule has 0 aliphatic carbocycles. The zero-order valence-corrected chi connectivity index (χ0v) is 10.6. The van der Waals surface area contributed by atoms with Gasteiger partial charge in [-0.2, -0.15) is 13.2 Å². The number of rotatable bonds is 3. The number of phenols is 1. The van der Waals surface area contributed by atoms with Crippen molar-refractivity contribution in [2.75, 3.05) is 0 Å². The largest absolute Gasteiger partial charge is 0.508 e. The normalized spacial score (nSPS) is 14.8. The lowest BCUT2D eigenvalue weighted by Gasteiger charge is -2.19. The Labute approximate surface area is 113 Å². The Balaban J connectivity index is 0.00000289. The average molecular weight is 306 g/mol. The number of hydrogen-bond acceptors (Lipinski definition) is 3. The van der Waals surface area contributed by atoms with Crippen LogP contribution in [0.1, 0.15) is 18.1 Å². The second kappa shape index (κ2) is 6.47. The van der Waals surface area contributed by atoms with Gasteiger partial charge >= 0.3 is 6.18 Å². The highest BCUT2D eigenvalue weighted by molar-refractivity contribution is 6.30.